The number of hydrogen-bond acceptors (Lipinski definition) is 2. The zero-order valence-corrected chi connectivity index (χ0v) is 13.6. The number of rotatable bonds is 2. The molecule has 0 aliphatic carbocycles. The van der Waals surface area contributed by atoms with Crippen molar-refractivity contribution < 1.29 is 4.79 Å². The molecule has 0 spiro atoms. The van der Waals surface area contributed by atoms with E-state index in [-0.39, 0.29) is 21.6 Å². The van der Waals surface area contributed by atoms with Gasteiger partial charge in [-0.2, -0.15) is 0 Å². The summed E-state index contributed by atoms with van der Waals surface area (Å²) in [6, 6.07) is 8.61. The van der Waals surface area contributed by atoms with Crippen molar-refractivity contribution in [3.05, 3.63) is 56.0 Å². The van der Waals surface area contributed by atoms with Crippen LogP contribution in [-0.2, 0) is 0 Å². The molecule has 2 aromatic rings. The molecule has 3 nitrogen and oxygen atoms in total. The third-order valence-corrected chi connectivity index (χ3v) is 4.16. The van der Waals surface area contributed by atoms with Crippen LogP contribution in [0, 0.1) is 6.92 Å². The number of amides is 1. The van der Waals surface area contributed by atoms with Crippen LogP contribution >= 0.6 is 39.1 Å². The maximum atomic E-state index is 12.2. The summed E-state index contributed by atoms with van der Waals surface area (Å²) in [4.78, 5) is 12.2. The summed E-state index contributed by atoms with van der Waals surface area (Å²) in [5.74, 6) is -0.306. The van der Waals surface area contributed by atoms with Crippen molar-refractivity contribution in [3.8, 4) is 0 Å². The number of halogens is 3. The number of carbonyl (C=O) groups excluding carboxylic acids is 1. The van der Waals surface area contributed by atoms with E-state index in [1.54, 1.807) is 0 Å². The largest absolute Gasteiger partial charge is 0.397 e. The number of nitrogens with two attached hydrogens (primary N) is 1. The number of anilines is 2. The van der Waals surface area contributed by atoms with E-state index in [0.717, 1.165) is 10.0 Å². The fraction of sp³-hybridized carbons (Fsp3) is 0.0714. The fourth-order valence-corrected chi connectivity index (χ4v) is 2.59. The van der Waals surface area contributed by atoms with Crippen LogP contribution in [0.4, 0.5) is 11.4 Å². The molecule has 0 heterocycles. The highest BCUT2D eigenvalue weighted by Crippen LogP contribution is 2.30. The molecular formula is C14H11BrCl2N2O. The van der Waals surface area contributed by atoms with Gasteiger partial charge < -0.3 is 11.1 Å². The van der Waals surface area contributed by atoms with E-state index in [4.69, 9.17) is 28.9 Å². The number of hydrogen-bond donors (Lipinski definition) is 2. The lowest BCUT2D eigenvalue weighted by Gasteiger charge is -2.10. The van der Waals surface area contributed by atoms with Gasteiger partial charge in [0, 0.05) is 10.0 Å². The summed E-state index contributed by atoms with van der Waals surface area (Å²) >= 11 is 15.2. The fourth-order valence-electron chi connectivity index (χ4n) is 1.66. The quantitative estimate of drug-likeness (QED) is 0.735. The van der Waals surface area contributed by atoms with Gasteiger partial charge in [-0.1, -0.05) is 29.3 Å². The van der Waals surface area contributed by atoms with Crippen LogP contribution in [0.1, 0.15) is 15.9 Å². The molecule has 0 atom stereocenters. The van der Waals surface area contributed by atoms with Gasteiger partial charge in [-0.05, 0) is 52.7 Å². The van der Waals surface area contributed by atoms with Crippen molar-refractivity contribution in [2.75, 3.05) is 11.1 Å². The van der Waals surface area contributed by atoms with Crippen molar-refractivity contribution in [2.45, 2.75) is 6.92 Å². The van der Waals surface area contributed by atoms with Gasteiger partial charge in [0.25, 0.3) is 5.91 Å². The molecule has 104 valence electrons. The van der Waals surface area contributed by atoms with Crippen molar-refractivity contribution in [3.63, 3.8) is 0 Å². The zero-order chi connectivity index (χ0) is 14.9. The van der Waals surface area contributed by atoms with Crippen LogP contribution in [-0.4, -0.2) is 5.91 Å². The molecule has 0 saturated heterocycles. The molecule has 6 heteroatoms. The van der Waals surface area contributed by atoms with Gasteiger partial charge in [0.2, 0.25) is 0 Å². The Hall–Kier alpha value is -1.23. The maximum Gasteiger partial charge on any atom is 0.255 e. The Labute approximate surface area is 135 Å². The summed E-state index contributed by atoms with van der Waals surface area (Å²) in [7, 11) is 0. The standard InChI is InChI=1S/C14H11BrCl2N2O/c1-7-2-3-12(9(15)4-7)19-14(20)8-5-10(16)13(17)11(18)6-8/h2-6H,18H2,1H3,(H,19,20). The number of nitrogen functional groups attached to an aromatic ring is 1. The summed E-state index contributed by atoms with van der Waals surface area (Å²) in [6.45, 7) is 1.97. The van der Waals surface area contributed by atoms with Crippen LogP contribution in [0.2, 0.25) is 10.0 Å². The summed E-state index contributed by atoms with van der Waals surface area (Å²) in [5.41, 5.74) is 8.08. The van der Waals surface area contributed by atoms with Gasteiger partial charge in [-0.3, -0.25) is 4.79 Å². The van der Waals surface area contributed by atoms with Gasteiger partial charge in [0.1, 0.15) is 0 Å². The Bertz CT molecular complexity index is 666. The predicted molar refractivity (Wildman–Crippen MR) is 87.7 cm³/mol. The molecule has 0 aliphatic rings. The van der Waals surface area contributed by atoms with E-state index in [2.05, 4.69) is 21.2 Å². The first-order valence-corrected chi connectivity index (χ1v) is 7.25. The summed E-state index contributed by atoms with van der Waals surface area (Å²) < 4.78 is 0.805. The molecule has 2 rings (SSSR count). The second-order valence-electron chi connectivity index (χ2n) is 4.30. The Morgan fingerprint density at radius 2 is 1.95 bits per heavy atom. The zero-order valence-electron chi connectivity index (χ0n) is 10.5. The third kappa shape index (κ3) is 3.26. The lowest BCUT2D eigenvalue weighted by molar-refractivity contribution is 0.102. The highest BCUT2D eigenvalue weighted by atomic mass is 79.9. The Kier molecular flexibility index (Phi) is 4.58. The molecule has 0 radical (unpaired) electrons. The van der Waals surface area contributed by atoms with E-state index >= 15 is 0 Å². The van der Waals surface area contributed by atoms with E-state index in [1.165, 1.54) is 12.1 Å². The van der Waals surface area contributed by atoms with Crippen LogP contribution in [0.15, 0.2) is 34.8 Å². The van der Waals surface area contributed by atoms with Crippen molar-refractivity contribution in [1.29, 1.82) is 0 Å². The number of nitrogens with one attached hydrogen (secondary N) is 1. The molecule has 0 aromatic heterocycles. The first-order chi connectivity index (χ1) is 9.38. The van der Waals surface area contributed by atoms with Gasteiger partial charge in [-0.25, -0.2) is 0 Å². The molecule has 3 N–H and O–H groups in total. The number of benzene rings is 2. The van der Waals surface area contributed by atoms with E-state index in [9.17, 15) is 4.79 Å². The normalized spacial score (nSPS) is 10.4. The molecule has 0 bridgehead atoms. The topological polar surface area (TPSA) is 55.1 Å². The van der Waals surface area contributed by atoms with Gasteiger partial charge in [0.15, 0.2) is 0 Å². The Balaban J connectivity index is 2.28. The van der Waals surface area contributed by atoms with E-state index < -0.39 is 0 Å². The lowest BCUT2D eigenvalue weighted by atomic mass is 10.1. The molecule has 0 fully saturated rings. The van der Waals surface area contributed by atoms with E-state index in [1.807, 2.05) is 25.1 Å². The molecule has 0 aliphatic heterocycles. The smallest absolute Gasteiger partial charge is 0.255 e. The van der Waals surface area contributed by atoms with Crippen molar-refractivity contribution in [1.82, 2.24) is 0 Å². The second kappa shape index (κ2) is 6.04. The summed E-state index contributed by atoms with van der Waals surface area (Å²) in [6.07, 6.45) is 0. The molecular weight excluding hydrogens is 363 g/mol. The Morgan fingerprint density at radius 1 is 1.25 bits per heavy atom. The molecule has 0 unspecified atom stereocenters. The third-order valence-electron chi connectivity index (χ3n) is 2.69. The average molecular weight is 374 g/mol. The maximum absolute atomic E-state index is 12.2. The van der Waals surface area contributed by atoms with Gasteiger partial charge in [0.05, 0.1) is 21.4 Å². The first-order valence-electron chi connectivity index (χ1n) is 5.70. The minimum absolute atomic E-state index is 0.250. The van der Waals surface area contributed by atoms with Gasteiger partial charge >= 0.3 is 0 Å². The van der Waals surface area contributed by atoms with E-state index in [0.29, 0.717) is 11.3 Å². The van der Waals surface area contributed by atoms with Crippen LogP contribution < -0.4 is 11.1 Å². The minimum atomic E-state index is -0.306. The number of aryl methyl sites for hydroxylation is 1. The van der Waals surface area contributed by atoms with Crippen molar-refractivity contribution >= 4 is 56.4 Å². The predicted octanol–water partition coefficient (Wildman–Crippen LogP) is 4.90. The second-order valence-corrected chi connectivity index (χ2v) is 5.94. The Morgan fingerprint density at radius 3 is 2.55 bits per heavy atom. The monoisotopic (exact) mass is 372 g/mol. The highest BCUT2D eigenvalue weighted by molar-refractivity contribution is 9.10. The van der Waals surface area contributed by atoms with Crippen molar-refractivity contribution in [2.24, 2.45) is 0 Å². The average Bonchev–Trinajstić information content (AvgIpc) is 2.38. The first kappa shape index (κ1) is 15.2. The SMILES string of the molecule is Cc1ccc(NC(=O)c2cc(N)c(Cl)c(Cl)c2)c(Br)c1. The molecule has 0 saturated carbocycles. The lowest BCUT2D eigenvalue weighted by Crippen LogP contribution is -2.12. The van der Waals surface area contributed by atoms with Crippen LogP contribution in [0.5, 0.6) is 0 Å². The molecule has 1 amide bonds. The minimum Gasteiger partial charge on any atom is -0.397 e. The number of carbonyl (C=O) groups is 1. The summed E-state index contributed by atoms with van der Waals surface area (Å²) in [5, 5.41) is 3.28. The van der Waals surface area contributed by atoms with Crippen LogP contribution in [0.3, 0.4) is 0 Å². The molecule has 2 aromatic carbocycles. The highest BCUT2D eigenvalue weighted by Gasteiger charge is 2.12. The van der Waals surface area contributed by atoms with Crippen LogP contribution in [0.25, 0.3) is 0 Å². The van der Waals surface area contributed by atoms with Gasteiger partial charge in [-0.15, -0.1) is 0 Å². The molecule has 20 heavy (non-hydrogen) atoms.